The molecule has 0 saturated heterocycles. The Morgan fingerprint density at radius 3 is 1.92 bits per heavy atom. The number of allylic oxidation sites excluding steroid dienone is 1. The Hall–Kier alpha value is -4.70. The Morgan fingerprint density at radius 1 is 0.667 bits per heavy atom. The van der Waals surface area contributed by atoms with Gasteiger partial charge in [0, 0.05) is 27.4 Å². The van der Waals surface area contributed by atoms with E-state index in [1.165, 1.54) is 22.2 Å². The Morgan fingerprint density at radius 2 is 1.28 bits per heavy atom. The van der Waals surface area contributed by atoms with Gasteiger partial charge in [-0.1, -0.05) is 67.8 Å². The summed E-state index contributed by atoms with van der Waals surface area (Å²) in [5.74, 6) is 1.64. The Balaban J connectivity index is 1.43. The smallest absolute Gasteiger partial charge is 0.160 e. The van der Waals surface area contributed by atoms with E-state index in [4.69, 9.17) is 10.2 Å². The van der Waals surface area contributed by atoms with E-state index in [9.17, 15) is 0 Å². The molecule has 7 rings (SSSR count). The molecule has 0 fully saturated rings. The minimum absolute atomic E-state index is 0.793. The molecule has 3 heterocycles. The van der Waals surface area contributed by atoms with Crippen LogP contribution in [0.1, 0.15) is 28.8 Å². The molecule has 3 aromatic heterocycles. The molecule has 172 valence electrons. The average molecular weight is 465 g/mol. The fraction of sp³-hybridized carbons (Fsp3) is 0.0625. The lowest BCUT2D eigenvalue weighted by molar-refractivity contribution is 0.838. The Kier molecular flexibility index (Phi) is 4.55. The fourth-order valence-electron chi connectivity index (χ4n) is 5.55. The first-order valence-electron chi connectivity index (χ1n) is 12.2. The van der Waals surface area contributed by atoms with Crippen molar-refractivity contribution in [3.8, 4) is 11.6 Å². The molecule has 1 aliphatic carbocycles. The molecule has 0 amide bonds. The highest BCUT2D eigenvalue weighted by Crippen LogP contribution is 2.35. The first kappa shape index (κ1) is 20.7. The molecule has 0 radical (unpaired) electrons. The third-order valence-corrected chi connectivity index (χ3v) is 7.23. The lowest BCUT2D eigenvalue weighted by atomic mass is 10.0. The summed E-state index contributed by atoms with van der Waals surface area (Å²) in [5.41, 5.74) is 8.12. The van der Waals surface area contributed by atoms with Crippen molar-refractivity contribution in [2.24, 2.45) is 0 Å². The summed E-state index contributed by atoms with van der Waals surface area (Å²) in [6.45, 7) is 7.90. The van der Waals surface area contributed by atoms with Gasteiger partial charge in [-0.3, -0.25) is 9.13 Å². The SMILES string of the molecule is C=Cc1ccc2c(c1)c1cc(C=C)ccc1n2-c1ccc(-n2c3c(c4ccccc42)C=CCC3)nn1. The van der Waals surface area contributed by atoms with Gasteiger partial charge in [-0.15, -0.1) is 10.2 Å². The van der Waals surface area contributed by atoms with Crippen molar-refractivity contribution in [3.63, 3.8) is 0 Å². The van der Waals surface area contributed by atoms with Crippen LogP contribution in [0.3, 0.4) is 0 Å². The predicted molar refractivity (Wildman–Crippen MR) is 151 cm³/mol. The van der Waals surface area contributed by atoms with Crippen LogP contribution in [0.25, 0.3) is 62.6 Å². The van der Waals surface area contributed by atoms with Crippen LogP contribution in [0.2, 0.25) is 0 Å². The van der Waals surface area contributed by atoms with Crippen LogP contribution in [0.5, 0.6) is 0 Å². The number of aromatic nitrogens is 4. The molecule has 0 N–H and O–H groups in total. The van der Waals surface area contributed by atoms with Gasteiger partial charge in [0.15, 0.2) is 11.6 Å². The van der Waals surface area contributed by atoms with Crippen LogP contribution in [-0.4, -0.2) is 19.3 Å². The summed E-state index contributed by atoms with van der Waals surface area (Å²) < 4.78 is 4.46. The zero-order valence-corrected chi connectivity index (χ0v) is 19.9. The van der Waals surface area contributed by atoms with Crippen molar-refractivity contribution in [1.82, 2.24) is 19.3 Å². The van der Waals surface area contributed by atoms with Gasteiger partial charge < -0.3 is 0 Å². The highest BCUT2D eigenvalue weighted by atomic mass is 15.3. The molecule has 4 nitrogen and oxygen atoms in total. The maximum absolute atomic E-state index is 4.75. The minimum Gasteiger partial charge on any atom is -0.296 e. The van der Waals surface area contributed by atoms with Crippen LogP contribution in [0, 0.1) is 0 Å². The third kappa shape index (κ3) is 2.94. The molecule has 0 saturated carbocycles. The normalized spacial score (nSPS) is 12.9. The molecule has 0 unspecified atom stereocenters. The average Bonchev–Trinajstić information content (AvgIpc) is 3.45. The third-order valence-electron chi connectivity index (χ3n) is 7.23. The summed E-state index contributed by atoms with van der Waals surface area (Å²) in [7, 11) is 0. The van der Waals surface area contributed by atoms with Crippen molar-refractivity contribution in [3.05, 3.63) is 114 Å². The molecule has 4 heteroatoms. The molecular formula is C32H24N4. The summed E-state index contributed by atoms with van der Waals surface area (Å²) in [6.07, 6.45) is 10.3. The Labute approximate surface area is 209 Å². The maximum atomic E-state index is 4.75. The molecule has 0 spiro atoms. The summed E-state index contributed by atoms with van der Waals surface area (Å²) in [6, 6.07) is 25.5. The molecule has 1 aliphatic rings. The van der Waals surface area contributed by atoms with E-state index in [-0.39, 0.29) is 0 Å². The largest absolute Gasteiger partial charge is 0.296 e. The van der Waals surface area contributed by atoms with E-state index in [2.05, 4.69) is 107 Å². The number of para-hydroxylation sites is 1. The quantitative estimate of drug-likeness (QED) is 0.267. The molecule has 6 aromatic rings. The second-order valence-corrected chi connectivity index (χ2v) is 9.20. The van der Waals surface area contributed by atoms with Gasteiger partial charge in [-0.25, -0.2) is 0 Å². The predicted octanol–water partition coefficient (Wildman–Crippen LogP) is 7.76. The van der Waals surface area contributed by atoms with Gasteiger partial charge in [-0.2, -0.15) is 0 Å². The summed E-state index contributed by atoms with van der Waals surface area (Å²) in [5, 5.41) is 13.1. The van der Waals surface area contributed by atoms with E-state index in [0.29, 0.717) is 0 Å². The lowest BCUT2D eigenvalue weighted by Gasteiger charge is -2.13. The second kappa shape index (κ2) is 7.92. The number of fused-ring (bicyclic) bond motifs is 6. The topological polar surface area (TPSA) is 35.6 Å². The fourth-order valence-corrected chi connectivity index (χ4v) is 5.55. The Bertz CT molecular complexity index is 1800. The summed E-state index contributed by atoms with van der Waals surface area (Å²) >= 11 is 0. The molecular weight excluding hydrogens is 440 g/mol. The first-order chi connectivity index (χ1) is 17.8. The minimum atomic E-state index is 0.793. The van der Waals surface area contributed by atoms with E-state index >= 15 is 0 Å². The van der Waals surface area contributed by atoms with Crippen LogP contribution in [-0.2, 0) is 6.42 Å². The van der Waals surface area contributed by atoms with Gasteiger partial charge in [0.25, 0.3) is 0 Å². The van der Waals surface area contributed by atoms with Crippen LogP contribution < -0.4 is 0 Å². The number of hydrogen-bond acceptors (Lipinski definition) is 2. The zero-order valence-electron chi connectivity index (χ0n) is 19.9. The number of nitrogens with zero attached hydrogens (tertiary/aromatic N) is 4. The standard InChI is InChI=1S/C32H24N4/c1-3-21-13-15-29-25(19-21)26-20-22(4-2)14-16-30(26)36(29)32-18-17-31(33-34-32)35-27-11-7-5-9-23(27)24-10-6-8-12-28(24)35/h3-7,9-11,13-20H,1-2,8,12H2. The van der Waals surface area contributed by atoms with Crippen molar-refractivity contribution >= 4 is 50.9 Å². The second-order valence-electron chi connectivity index (χ2n) is 9.20. The molecule has 36 heavy (non-hydrogen) atoms. The molecule has 3 aromatic carbocycles. The maximum Gasteiger partial charge on any atom is 0.160 e. The van der Waals surface area contributed by atoms with Crippen LogP contribution in [0.15, 0.2) is 92.0 Å². The van der Waals surface area contributed by atoms with Gasteiger partial charge >= 0.3 is 0 Å². The zero-order chi connectivity index (χ0) is 24.2. The molecule has 0 bridgehead atoms. The van der Waals surface area contributed by atoms with Crippen molar-refractivity contribution in [1.29, 1.82) is 0 Å². The van der Waals surface area contributed by atoms with E-state index in [1.54, 1.807) is 0 Å². The summed E-state index contributed by atoms with van der Waals surface area (Å²) in [4.78, 5) is 0. The van der Waals surface area contributed by atoms with E-state index < -0.39 is 0 Å². The molecule has 0 atom stereocenters. The highest BCUT2D eigenvalue weighted by molar-refractivity contribution is 6.10. The lowest BCUT2D eigenvalue weighted by Crippen LogP contribution is -2.07. The van der Waals surface area contributed by atoms with Gasteiger partial charge in [0.1, 0.15) is 0 Å². The van der Waals surface area contributed by atoms with Gasteiger partial charge in [-0.05, 0) is 66.4 Å². The number of benzene rings is 3. The van der Waals surface area contributed by atoms with E-state index in [0.717, 1.165) is 57.4 Å². The van der Waals surface area contributed by atoms with Crippen LogP contribution >= 0.6 is 0 Å². The number of rotatable bonds is 4. The highest BCUT2D eigenvalue weighted by Gasteiger charge is 2.20. The monoisotopic (exact) mass is 464 g/mol. The first-order valence-corrected chi connectivity index (χ1v) is 12.2. The van der Waals surface area contributed by atoms with Gasteiger partial charge in [0.05, 0.1) is 16.6 Å². The molecule has 0 aliphatic heterocycles. The van der Waals surface area contributed by atoms with Crippen LogP contribution in [0.4, 0.5) is 0 Å². The van der Waals surface area contributed by atoms with Crippen molar-refractivity contribution < 1.29 is 0 Å². The van der Waals surface area contributed by atoms with Crippen molar-refractivity contribution in [2.75, 3.05) is 0 Å². The van der Waals surface area contributed by atoms with Crippen molar-refractivity contribution in [2.45, 2.75) is 12.8 Å². The van der Waals surface area contributed by atoms with Gasteiger partial charge in [0.2, 0.25) is 0 Å². The van der Waals surface area contributed by atoms with E-state index in [1.807, 2.05) is 12.2 Å². The number of hydrogen-bond donors (Lipinski definition) is 0.